The second-order valence-corrected chi connectivity index (χ2v) is 3.58. The molecular formula is C11H13N3O2. The van der Waals surface area contributed by atoms with Crippen LogP contribution in [0.1, 0.15) is 27.5 Å². The Bertz CT molecular complexity index is 485. The Kier molecular flexibility index (Phi) is 2.76. The number of H-pyrrole nitrogens is 1. The third-order valence-corrected chi connectivity index (χ3v) is 2.47. The molecule has 0 aliphatic rings. The lowest BCUT2D eigenvalue weighted by molar-refractivity contribution is 0.0942. The van der Waals surface area contributed by atoms with E-state index in [2.05, 4.69) is 15.5 Å². The van der Waals surface area contributed by atoms with Gasteiger partial charge in [-0.1, -0.05) is 0 Å². The van der Waals surface area contributed by atoms with E-state index in [9.17, 15) is 4.79 Å². The van der Waals surface area contributed by atoms with E-state index in [0.717, 1.165) is 17.0 Å². The van der Waals surface area contributed by atoms with Gasteiger partial charge >= 0.3 is 0 Å². The van der Waals surface area contributed by atoms with Crippen LogP contribution in [-0.4, -0.2) is 16.1 Å². The van der Waals surface area contributed by atoms with Crippen molar-refractivity contribution in [3.63, 3.8) is 0 Å². The summed E-state index contributed by atoms with van der Waals surface area (Å²) >= 11 is 0. The lowest BCUT2D eigenvalue weighted by atomic mass is 10.2. The molecule has 2 rings (SSSR count). The first-order valence-corrected chi connectivity index (χ1v) is 5.00. The van der Waals surface area contributed by atoms with Crippen molar-refractivity contribution in [2.75, 3.05) is 0 Å². The van der Waals surface area contributed by atoms with Crippen molar-refractivity contribution in [3.05, 3.63) is 41.1 Å². The molecule has 2 aromatic heterocycles. The second kappa shape index (κ2) is 4.22. The number of amides is 1. The van der Waals surface area contributed by atoms with Crippen LogP contribution in [0.2, 0.25) is 0 Å². The standard InChI is InChI=1S/C11H13N3O2/c1-7-8(2)13-14-10(7)11(15)12-6-9-4-3-5-16-9/h3-5H,6H2,1-2H3,(H,12,15)(H,13,14). The van der Waals surface area contributed by atoms with Crippen LogP contribution in [0.25, 0.3) is 0 Å². The molecule has 0 saturated carbocycles. The van der Waals surface area contributed by atoms with Gasteiger partial charge in [-0.3, -0.25) is 9.89 Å². The number of carbonyl (C=O) groups excluding carboxylic acids is 1. The molecule has 0 atom stereocenters. The van der Waals surface area contributed by atoms with Crippen molar-refractivity contribution in [2.45, 2.75) is 20.4 Å². The highest BCUT2D eigenvalue weighted by molar-refractivity contribution is 5.93. The van der Waals surface area contributed by atoms with E-state index in [1.807, 2.05) is 19.9 Å². The molecule has 0 saturated heterocycles. The first kappa shape index (κ1) is 10.5. The molecule has 16 heavy (non-hydrogen) atoms. The molecular weight excluding hydrogens is 206 g/mol. The Labute approximate surface area is 92.9 Å². The summed E-state index contributed by atoms with van der Waals surface area (Å²) in [7, 11) is 0. The van der Waals surface area contributed by atoms with Gasteiger partial charge in [0.25, 0.3) is 5.91 Å². The first-order chi connectivity index (χ1) is 7.68. The van der Waals surface area contributed by atoms with E-state index in [4.69, 9.17) is 4.42 Å². The third-order valence-electron chi connectivity index (χ3n) is 2.47. The van der Waals surface area contributed by atoms with Gasteiger partial charge in [0.15, 0.2) is 5.69 Å². The molecule has 0 spiro atoms. The van der Waals surface area contributed by atoms with E-state index in [1.54, 1.807) is 12.3 Å². The van der Waals surface area contributed by atoms with Gasteiger partial charge in [0.05, 0.1) is 12.8 Å². The number of furan rings is 1. The number of nitrogens with zero attached hydrogens (tertiary/aromatic N) is 1. The summed E-state index contributed by atoms with van der Waals surface area (Å²) in [6.07, 6.45) is 1.57. The van der Waals surface area contributed by atoms with E-state index < -0.39 is 0 Å². The molecule has 0 radical (unpaired) electrons. The summed E-state index contributed by atoms with van der Waals surface area (Å²) in [6, 6.07) is 3.59. The van der Waals surface area contributed by atoms with Crippen molar-refractivity contribution in [3.8, 4) is 0 Å². The van der Waals surface area contributed by atoms with E-state index >= 15 is 0 Å². The van der Waals surface area contributed by atoms with Crippen molar-refractivity contribution in [2.24, 2.45) is 0 Å². The molecule has 2 N–H and O–H groups in total. The number of hydrogen-bond acceptors (Lipinski definition) is 3. The number of hydrogen-bond donors (Lipinski definition) is 2. The molecule has 0 aliphatic heterocycles. The lowest BCUT2D eigenvalue weighted by Crippen LogP contribution is -2.23. The van der Waals surface area contributed by atoms with Crippen LogP contribution in [0.15, 0.2) is 22.8 Å². The summed E-state index contributed by atoms with van der Waals surface area (Å²) in [5.41, 5.74) is 2.21. The Balaban J connectivity index is 2.01. The predicted octanol–water partition coefficient (Wildman–Crippen LogP) is 1.55. The van der Waals surface area contributed by atoms with Crippen LogP contribution in [0.3, 0.4) is 0 Å². The van der Waals surface area contributed by atoms with Crippen molar-refractivity contribution < 1.29 is 9.21 Å². The smallest absolute Gasteiger partial charge is 0.272 e. The van der Waals surface area contributed by atoms with Gasteiger partial charge in [0, 0.05) is 11.3 Å². The Morgan fingerprint density at radius 1 is 1.56 bits per heavy atom. The zero-order valence-electron chi connectivity index (χ0n) is 9.20. The maximum atomic E-state index is 11.7. The SMILES string of the molecule is Cc1[nH]nc(C(=O)NCc2ccco2)c1C. The number of nitrogens with one attached hydrogen (secondary N) is 2. The van der Waals surface area contributed by atoms with Gasteiger partial charge in [-0.05, 0) is 26.0 Å². The number of aryl methyl sites for hydroxylation is 1. The van der Waals surface area contributed by atoms with Crippen LogP contribution in [0, 0.1) is 13.8 Å². The molecule has 2 aromatic rings. The van der Waals surface area contributed by atoms with E-state index in [0.29, 0.717) is 12.2 Å². The minimum Gasteiger partial charge on any atom is -0.467 e. The fourth-order valence-corrected chi connectivity index (χ4v) is 1.37. The number of rotatable bonds is 3. The topological polar surface area (TPSA) is 70.9 Å². The molecule has 1 amide bonds. The van der Waals surface area contributed by atoms with E-state index in [-0.39, 0.29) is 5.91 Å². The lowest BCUT2D eigenvalue weighted by Gasteiger charge is -2.01. The monoisotopic (exact) mass is 219 g/mol. The average Bonchev–Trinajstić information content (AvgIpc) is 2.88. The zero-order valence-corrected chi connectivity index (χ0v) is 9.20. The molecule has 84 valence electrons. The largest absolute Gasteiger partial charge is 0.467 e. The summed E-state index contributed by atoms with van der Waals surface area (Å²) in [5.74, 6) is 0.525. The highest BCUT2D eigenvalue weighted by Crippen LogP contribution is 2.08. The fourth-order valence-electron chi connectivity index (χ4n) is 1.37. The molecule has 0 unspecified atom stereocenters. The van der Waals surface area contributed by atoms with Crippen LogP contribution >= 0.6 is 0 Å². The number of aromatic nitrogens is 2. The molecule has 0 fully saturated rings. The maximum Gasteiger partial charge on any atom is 0.272 e. The van der Waals surface area contributed by atoms with Crippen molar-refractivity contribution in [1.29, 1.82) is 0 Å². The van der Waals surface area contributed by atoms with Crippen LogP contribution < -0.4 is 5.32 Å². The second-order valence-electron chi connectivity index (χ2n) is 3.58. The molecule has 0 bridgehead atoms. The van der Waals surface area contributed by atoms with Gasteiger partial charge in [-0.25, -0.2) is 0 Å². The summed E-state index contributed by atoms with van der Waals surface area (Å²) in [4.78, 5) is 11.7. The molecule has 0 aliphatic carbocycles. The number of carbonyl (C=O) groups is 1. The van der Waals surface area contributed by atoms with Gasteiger partial charge in [-0.15, -0.1) is 0 Å². The Hall–Kier alpha value is -2.04. The quantitative estimate of drug-likeness (QED) is 0.822. The average molecular weight is 219 g/mol. The van der Waals surface area contributed by atoms with Gasteiger partial charge < -0.3 is 9.73 Å². The predicted molar refractivity (Wildman–Crippen MR) is 57.9 cm³/mol. The molecule has 2 heterocycles. The minimum atomic E-state index is -0.196. The highest BCUT2D eigenvalue weighted by atomic mass is 16.3. The highest BCUT2D eigenvalue weighted by Gasteiger charge is 2.13. The normalized spacial score (nSPS) is 10.4. The number of aromatic amines is 1. The third kappa shape index (κ3) is 1.98. The van der Waals surface area contributed by atoms with Gasteiger partial charge in [0.1, 0.15) is 5.76 Å². The van der Waals surface area contributed by atoms with Crippen molar-refractivity contribution in [1.82, 2.24) is 15.5 Å². The van der Waals surface area contributed by atoms with Crippen LogP contribution in [0.5, 0.6) is 0 Å². The summed E-state index contributed by atoms with van der Waals surface area (Å²) in [6.45, 7) is 4.11. The Morgan fingerprint density at radius 2 is 2.38 bits per heavy atom. The first-order valence-electron chi connectivity index (χ1n) is 5.00. The van der Waals surface area contributed by atoms with Gasteiger partial charge in [0.2, 0.25) is 0 Å². The molecule has 0 aromatic carbocycles. The maximum absolute atomic E-state index is 11.7. The van der Waals surface area contributed by atoms with E-state index in [1.165, 1.54) is 0 Å². The zero-order chi connectivity index (χ0) is 11.5. The Morgan fingerprint density at radius 3 is 2.94 bits per heavy atom. The summed E-state index contributed by atoms with van der Waals surface area (Å²) in [5, 5.41) is 9.46. The van der Waals surface area contributed by atoms with Gasteiger partial charge in [-0.2, -0.15) is 5.10 Å². The van der Waals surface area contributed by atoms with Crippen LogP contribution in [0.4, 0.5) is 0 Å². The molecule has 5 nitrogen and oxygen atoms in total. The fraction of sp³-hybridized carbons (Fsp3) is 0.273. The van der Waals surface area contributed by atoms with Crippen LogP contribution in [-0.2, 0) is 6.54 Å². The minimum absolute atomic E-state index is 0.196. The van der Waals surface area contributed by atoms with Crippen molar-refractivity contribution >= 4 is 5.91 Å². The molecule has 5 heteroatoms. The summed E-state index contributed by atoms with van der Waals surface area (Å²) < 4.78 is 5.11.